The van der Waals surface area contributed by atoms with Gasteiger partial charge in [0.15, 0.2) is 11.3 Å². The number of hydrogen-bond donors (Lipinski definition) is 1. The number of morpholine rings is 1. The molecule has 6 heterocycles. The van der Waals surface area contributed by atoms with Crippen LogP contribution in [0, 0.1) is 0 Å². The van der Waals surface area contributed by atoms with Crippen LogP contribution in [0.3, 0.4) is 0 Å². The molecule has 2 bridgehead atoms. The lowest BCUT2D eigenvalue weighted by Crippen LogP contribution is -2.52. The number of fused-ring (bicyclic) bond motifs is 4. The summed E-state index contributed by atoms with van der Waals surface area (Å²) in [6.45, 7) is 1.37. The van der Waals surface area contributed by atoms with Gasteiger partial charge >= 0.3 is 5.69 Å². The summed E-state index contributed by atoms with van der Waals surface area (Å²) in [5.41, 5.74) is 2.67. The molecule has 0 aliphatic carbocycles. The average molecular weight is 393 g/mol. The summed E-state index contributed by atoms with van der Waals surface area (Å²) in [6.07, 6.45) is 7.40. The van der Waals surface area contributed by atoms with Crippen LogP contribution in [0.5, 0.6) is 0 Å². The highest BCUT2D eigenvalue weighted by Gasteiger charge is 2.35. The summed E-state index contributed by atoms with van der Waals surface area (Å²) >= 11 is 0. The maximum absolute atomic E-state index is 12.9. The Labute approximate surface area is 164 Å². The molecule has 6 rings (SSSR count). The van der Waals surface area contributed by atoms with Gasteiger partial charge in [-0.1, -0.05) is 0 Å². The topological polar surface area (TPSA) is 107 Å². The second kappa shape index (κ2) is 6.01. The molecule has 0 aromatic carbocycles. The maximum atomic E-state index is 12.9. The largest absolute Gasteiger partial charge is 0.371 e. The van der Waals surface area contributed by atoms with Crippen molar-refractivity contribution < 1.29 is 4.74 Å². The van der Waals surface area contributed by atoms with E-state index in [1.165, 1.54) is 6.33 Å². The Balaban J connectivity index is 1.40. The summed E-state index contributed by atoms with van der Waals surface area (Å²) in [5, 5.41) is 9.38. The van der Waals surface area contributed by atoms with E-state index >= 15 is 0 Å². The Morgan fingerprint density at radius 1 is 1.17 bits per heavy atom. The van der Waals surface area contributed by atoms with Gasteiger partial charge in [-0.3, -0.25) is 4.57 Å². The maximum Gasteiger partial charge on any atom is 0.349 e. The van der Waals surface area contributed by atoms with E-state index in [2.05, 4.69) is 30.4 Å². The van der Waals surface area contributed by atoms with Gasteiger partial charge in [-0.2, -0.15) is 14.8 Å². The van der Waals surface area contributed by atoms with Crippen LogP contribution < -0.4 is 16.0 Å². The van der Waals surface area contributed by atoms with Crippen molar-refractivity contribution in [2.75, 3.05) is 23.4 Å². The van der Waals surface area contributed by atoms with Crippen LogP contribution in [0.2, 0.25) is 0 Å². The molecular weight excluding hydrogens is 374 g/mol. The Morgan fingerprint density at radius 2 is 2.00 bits per heavy atom. The molecule has 2 fully saturated rings. The summed E-state index contributed by atoms with van der Waals surface area (Å²) in [6, 6.07) is 3.74. The number of aromatic nitrogens is 7. The van der Waals surface area contributed by atoms with E-state index in [4.69, 9.17) is 4.74 Å². The zero-order valence-electron chi connectivity index (χ0n) is 15.8. The smallest absolute Gasteiger partial charge is 0.349 e. The molecule has 1 N–H and O–H groups in total. The van der Waals surface area contributed by atoms with Gasteiger partial charge in [0, 0.05) is 7.05 Å². The normalized spacial score (nSPS) is 21.3. The van der Waals surface area contributed by atoms with Crippen LogP contribution in [-0.2, 0) is 11.8 Å². The van der Waals surface area contributed by atoms with Gasteiger partial charge in [-0.25, -0.2) is 19.3 Å². The lowest BCUT2D eigenvalue weighted by Gasteiger charge is -2.33. The first kappa shape index (κ1) is 16.5. The van der Waals surface area contributed by atoms with E-state index in [0.717, 1.165) is 24.2 Å². The minimum Gasteiger partial charge on any atom is -0.371 e. The number of imidazole rings is 1. The lowest BCUT2D eigenvalue weighted by molar-refractivity contribution is 0.0214. The van der Waals surface area contributed by atoms with Gasteiger partial charge < -0.3 is 15.1 Å². The molecule has 11 nitrogen and oxygen atoms in total. The number of rotatable bonds is 3. The van der Waals surface area contributed by atoms with E-state index in [-0.39, 0.29) is 17.9 Å². The third-order valence-electron chi connectivity index (χ3n) is 5.62. The molecule has 0 spiro atoms. The van der Waals surface area contributed by atoms with Crippen LogP contribution in [0.4, 0.5) is 11.6 Å². The van der Waals surface area contributed by atoms with Crippen LogP contribution in [0.1, 0.15) is 12.8 Å². The molecule has 4 aromatic heterocycles. The number of aryl methyl sites for hydroxylation is 1. The van der Waals surface area contributed by atoms with Gasteiger partial charge in [-0.05, 0) is 25.0 Å². The van der Waals surface area contributed by atoms with Crippen molar-refractivity contribution in [3.63, 3.8) is 0 Å². The van der Waals surface area contributed by atoms with Gasteiger partial charge in [0.25, 0.3) is 0 Å². The fourth-order valence-corrected chi connectivity index (χ4v) is 4.19. The second-order valence-electron chi connectivity index (χ2n) is 7.49. The molecule has 148 valence electrons. The number of pyridine rings is 1. The molecule has 0 saturated carbocycles. The van der Waals surface area contributed by atoms with Crippen LogP contribution in [0.15, 0.2) is 35.6 Å². The van der Waals surface area contributed by atoms with Crippen molar-refractivity contribution in [3.8, 4) is 0 Å². The molecule has 0 radical (unpaired) electrons. The second-order valence-corrected chi connectivity index (χ2v) is 7.49. The number of nitrogens with zero attached hydrogens (tertiary/aromatic N) is 8. The first-order valence-electron chi connectivity index (χ1n) is 9.57. The molecular formula is C18H19N9O2. The lowest BCUT2D eigenvalue weighted by atomic mass is 10.2. The van der Waals surface area contributed by atoms with E-state index in [9.17, 15) is 4.79 Å². The quantitative estimate of drug-likeness (QED) is 0.534. The minimum absolute atomic E-state index is 0.128. The van der Waals surface area contributed by atoms with Crippen molar-refractivity contribution in [2.45, 2.75) is 25.0 Å². The van der Waals surface area contributed by atoms with E-state index in [1.807, 2.05) is 18.3 Å². The zero-order chi connectivity index (χ0) is 19.5. The van der Waals surface area contributed by atoms with Crippen molar-refractivity contribution >= 4 is 28.4 Å². The molecule has 4 aromatic rings. The number of nitrogens with one attached hydrogen (secondary N) is 1. The van der Waals surface area contributed by atoms with Crippen molar-refractivity contribution in [3.05, 3.63) is 41.3 Å². The predicted molar refractivity (Wildman–Crippen MR) is 105 cm³/mol. The van der Waals surface area contributed by atoms with Crippen LogP contribution in [0.25, 0.3) is 16.8 Å². The van der Waals surface area contributed by atoms with Crippen LogP contribution in [-0.4, -0.2) is 59.1 Å². The standard InChI is InChI=1S/C18H19N9O2/c1-24-14-6-19-17(22-11-2-5-15-20-10-21-26(15)7-11)23-16(14)27(18(24)28)25-8-12-3-4-13(9-25)29-12/h2,5-7,10,12-13H,3-4,8-9H2,1H3,(H,19,22,23). The third kappa shape index (κ3) is 2.58. The fraction of sp³-hybridized carbons (Fsp3) is 0.389. The number of hydrogen-bond acceptors (Lipinski definition) is 8. The number of ether oxygens (including phenoxy) is 1. The first-order chi connectivity index (χ1) is 14.2. The summed E-state index contributed by atoms with van der Waals surface area (Å²) in [4.78, 5) is 26.1. The summed E-state index contributed by atoms with van der Waals surface area (Å²) < 4.78 is 10.8. The average Bonchev–Trinajstić information content (AvgIpc) is 3.39. The summed E-state index contributed by atoms with van der Waals surface area (Å²) in [5.74, 6) is 0.410. The Kier molecular flexibility index (Phi) is 3.42. The van der Waals surface area contributed by atoms with Crippen molar-refractivity contribution in [2.24, 2.45) is 7.05 Å². The highest BCUT2D eigenvalue weighted by Crippen LogP contribution is 2.26. The van der Waals surface area contributed by atoms with E-state index < -0.39 is 0 Å². The highest BCUT2D eigenvalue weighted by atomic mass is 16.5. The molecule has 29 heavy (non-hydrogen) atoms. The SMILES string of the molecule is Cn1c(=O)n(N2CC3CCC(C2)O3)c2nc(Nc3ccc4ncnn4c3)ncc21. The van der Waals surface area contributed by atoms with E-state index in [1.54, 1.807) is 27.0 Å². The zero-order valence-corrected chi connectivity index (χ0v) is 15.8. The number of anilines is 2. The molecule has 11 heteroatoms. The predicted octanol–water partition coefficient (Wildman–Crippen LogP) is 0.415. The molecule has 2 atom stereocenters. The van der Waals surface area contributed by atoms with Crippen molar-refractivity contribution in [1.82, 2.24) is 33.8 Å². The molecule has 0 amide bonds. The summed E-state index contributed by atoms with van der Waals surface area (Å²) in [7, 11) is 1.74. The van der Waals surface area contributed by atoms with Crippen molar-refractivity contribution in [1.29, 1.82) is 0 Å². The van der Waals surface area contributed by atoms with Gasteiger partial charge in [0.05, 0.1) is 43.4 Å². The van der Waals surface area contributed by atoms with Gasteiger partial charge in [0.2, 0.25) is 5.95 Å². The Morgan fingerprint density at radius 3 is 2.83 bits per heavy atom. The Bertz CT molecular complexity index is 1280. The monoisotopic (exact) mass is 393 g/mol. The highest BCUT2D eigenvalue weighted by molar-refractivity contribution is 5.73. The minimum atomic E-state index is -0.128. The van der Waals surface area contributed by atoms with Gasteiger partial charge in [0.1, 0.15) is 11.8 Å². The van der Waals surface area contributed by atoms with E-state index in [0.29, 0.717) is 30.2 Å². The fourth-order valence-electron chi connectivity index (χ4n) is 4.19. The molecule has 2 unspecified atom stereocenters. The Hall–Kier alpha value is -3.47. The third-order valence-corrected chi connectivity index (χ3v) is 5.62. The molecule has 2 aliphatic heterocycles. The molecule has 2 aliphatic rings. The van der Waals surface area contributed by atoms with Gasteiger partial charge in [-0.15, -0.1) is 0 Å². The first-order valence-corrected chi connectivity index (χ1v) is 9.57. The molecule has 2 saturated heterocycles. The van der Waals surface area contributed by atoms with Crippen LogP contribution >= 0.6 is 0 Å².